The molecule has 0 heterocycles. The second kappa shape index (κ2) is 7.90. The average Bonchev–Trinajstić information content (AvgIpc) is 2.47. The van der Waals surface area contributed by atoms with Crippen molar-refractivity contribution in [2.45, 2.75) is 26.0 Å². The van der Waals surface area contributed by atoms with Crippen LogP contribution in [0.25, 0.3) is 0 Å². The topological polar surface area (TPSA) is 46.2 Å². The largest absolute Gasteiger partial charge is 0.325 e. The maximum absolute atomic E-state index is 12.1. The number of hydrogen-bond acceptors (Lipinski definition) is 2. The third-order valence-corrected chi connectivity index (χ3v) is 4.59. The molecule has 1 N–H and O–H groups in total. The molecule has 22 heavy (non-hydrogen) atoms. The van der Waals surface area contributed by atoms with Crippen molar-refractivity contribution in [1.82, 2.24) is 0 Å². The molecule has 0 aliphatic heterocycles. The van der Waals surface area contributed by atoms with Crippen molar-refractivity contribution in [2.75, 3.05) is 11.1 Å². The Morgan fingerprint density at radius 3 is 2.45 bits per heavy atom. The number of carbonyl (C=O) groups excluding carboxylic acids is 1. The Balaban J connectivity index is 1.86. The van der Waals surface area contributed by atoms with Crippen LogP contribution < -0.4 is 5.32 Å². The minimum absolute atomic E-state index is 0.0173. The minimum Gasteiger partial charge on any atom is -0.325 e. The van der Waals surface area contributed by atoms with E-state index in [1.54, 1.807) is 0 Å². The molecule has 0 bridgehead atoms. The lowest BCUT2D eigenvalue weighted by atomic mass is 10.1. The summed E-state index contributed by atoms with van der Waals surface area (Å²) in [6.07, 6.45) is 0.967. The second-order valence-electron chi connectivity index (χ2n) is 5.32. The Labute approximate surface area is 134 Å². The van der Waals surface area contributed by atoms with Crippen LogP contribution in [0.2, 0.25) is 0 Å². The van der Waals surface area contributed by atoms with Crippen molar-refractivity contribution in [3.63, 3.8) is 0 Å². The summed E-state index contributed by atoms with van der Waals surface area (Å²) in [5.74, 6) is 0.211. The summed E-state index contributed by atoms with van der Waals surface area (Å²) >= 11 is 0. The van der Waals surface area contributed by atoms with Gasteiger partial charge >= 0.3 is 0 Å². The van der Waals surface area contributed by atoms with Gasteiger partial charge in [-0.15, -0.1) is 0 Å². The zero-order valence-corrected chi connectivity index (χ0v) is 13.8. The molecule has 0 saturated carbocycles. The molecule has 2 rings (SSSR count). The molecule has 3 nitrogen and oxygen atoms in total. The predicted octanol–water partition coefficient (Wildman–Crippen LogP) is 3.44. The maximum Gasteiger partial charge on any atom is 0.237 e. The molecular weight excluding hydrogens is 294 g/mol. The van der Waals surface area contributed by atoms with Gasteiger partial charge in [-0.05, 0) is 36.6 Å². The lowest BCUT2D eigenvalue weighted by molar-refractivity contribution is -0.113. The second-order valence-corrected chi connectivity index (χ2v) is 6.77. The van der Waals surface area contributed by atoms with Crippen LogP contribution in [0, 0.1) is 6.92 Å². The molecule has 2 aromatic rings. The van der Waals surface area contributed by atoms with Gasteiger partial charge in [-0.1, -0.05) is 48.9 Å². The molecule has 1 unspecified atom stereocenters. The summed E-state index contributed by atoms with van der Waals surface area (Å²) in [5.41, 5.74) is 4.10. The Morgan fingerprint density at radius 2 is 1.82 bits per heavy atom. The van der Waals surface area contributed by atoms with Crippen molar-refractivity contribution in [3.8, 4) is 0 Å². The van der Waals surface area contributed by atoms with Crippen LogP contribution in [0.3, 0.4) is 0 Å². The molecule has 116 valence electrons. The molecule has 0 aliphatic rings. The van der Waals surface area contributed by atoms with E-state index >= 15 is 0 Å². The molecule has 1 amide bonds. The Bertz CT molecular complexity index is 665. The predicted molar refractivity (Wildman–Crippen MR) is 92.3 cm³/mol. The monoisotopic (exact) mass is 315 g/mol. The normalized spacial score (nSPS) is 11.9. The summed E-state index contributed by atoms with van der Waals surface area (Å²) in [4.78, 5) is 11.9. The first kappa shape index (κ1) is 16.4. The number of amides is 1. The summed E-state index contributed by atoms with van der Waals surface area (Å²) in [6, 6.07) is 15.6. The molecule has 2 aromatic carbocycles. The average molecular weight is 315 g/mol. The zero-order chi connectivity index (χ0) is 15.9. The number of anilines is 1. The van der Waals surface area contributed by atoms with Gasteiger partial charge in [0.2, 0.25) is 5.91 Å². The molecular formula is C18H21NO2S. The van der Waals surface area contributed by atoms with Gasteiger partial charge < -0.3 is 5.32 Å². The van der Waals surface area contributed by atoms with E-state index in [0.717, 1.165) is 23.2 Å². The molecule has 4 heteroatoms. The van der Waals surface area contributed by atoms with E-state index in [9.17, 15) is 9.00 Å². The summed E-state index contributed by atoms with van der Waals surface area (Å²) in [5, 5.41) is 2.79. The molecule has 0 aromatic heterocycles. The van der Waals surface area contributed by atoms with Crippen LogP contribution in [0.4, 0.5) is 5.69 Å². The Kier molecular flexibility index (Phi) is 5.90. The SMILES string of the molecule is CCc1ccc(NC(=O)CS(=O)Cc2cccc(C)c2)cc1. The van der Waals surface area contributed by atoms with Crippen LogP contribution in [0.15, 0.2) is 48.5 Å². The van der Waals surface area contributed by atoms with E-state index in [-0.39, 0.29) is 11.7 Å². The fourth-order valence-electron chi connectivity index (χ4n) is 2.21. The van der Waals surface area contributed by atoms with Crippen LogP contribution in [-0.2, 0) is 27.8 Å². The van der Waals surface area contributed by atoms with E-state index in [1.807, 2.05) is 55.5 Å². The van der Waals surface area contributed by atoms with Gasteiger partial charge in [-0.3, -0.25) is 9.00 Å². The number of aryl methyl sites for hydroxylation is 2. The molecule has 0 spiro atoms. The number of rotatable bonds is 6. The molecule has 0 saturated heterocycles. The fourth-order valence-corrected chi connectivity index (χ4v) is 3.22. The van der Waals surface area contributed by atoms with E-state index in [4.69, 9.17) is 0 Å². The van der Waals surface area contributed by atoms with E-state index < -0.39 is 10.8 Å². The molecule has 0 radical (unpaired) electrons. The van der Waals surface area contributed by atoms with Crippen molar-refractivity contribution >= 4 is 22.4 Å². The first-order valence-corrected chi connectivity index (χ1v) is 8.85. The summed E-state index contributed by atoms with van der Waals surface area (Å²) in [6.45, 7) is 4.08. The smallest absolute Gasteiger partial charge is 0.237 e. The van der Waals surface area contributed by atoms with Gasteiger partial charge in [0.15, 0.2) is 0 Å². The van der Waals surface area contributed by atoms with Gasteiger partial charge in [0.05, 0.1) is 0 Å². The van der Waals surface area contributed by atoms with Crippen LogP contribution in [-0.4, -0.2) is 15.9 Å². The minimum atomic E-state index is -1.20. The highest BCUT2D eigenvalue weighted by Gasteiger charge is 2.09. The van der Waals surface area contributed by atoms with E-state index in [0.29, 0.717) is 5.75 Å². The quantitative estimate of drug-likeness (QED) is 0.887. The molecule has 0 fully saturated rings. The highest BCUT2D eigenvalue weighted by atomic mass is 32.2. The standard InChI is InChI=1S/C18H21NO2S/c1-3-15-7-9-17(10-8-15)19-18(20)13-22(21)12-16-6-4-5-14(2)11-16/h4-11H,3,12-13H2,1-2H3,(H,19,20). The molecule has 0 aliphatic carbocycles. The van der Waals surface area contributed by atoms with Gasteiger partial charge in [0, 0.05) is 22.2 Å². The highest BCUT2D eigenvalue weighted by molar-refractivity contribution is 7.84. The van der Waals surface area contributed by atoms with Gasteiger partial charge in [-0.25, -0.2) is 0 Å². The van der Waals surface area contributed by atoms with Crippen molar-refractivity contribution in [1.29, 1.82) is 0 Å². The maximum atomic E-state index is 12.1. The Hall–Kier alpha value is -1.94. The van der Waals surface area contributed by atoms with Crippen LogP contribution in [0.5, 0.6) is 0 Å². The Morgan fingerprint density at radius 1 is 1.09 bits per heavy atom. The van der Waals surface area contributed by atoms with Crippen molar-refractivity contribution < 1.29 is 9.00 Å². The van der Waals surface area contributed by atoms with Crippen LogP contribution >= 0.6 is 0 Å². The van der Waals surface area contributed by atoms with Crippen molar-refractivity contribution in [2.24, 2.45) is 0 Å². The first-order chi connectivity index (χ1) is 10.6. The molecule has 1 atom stereocenters. The zero-order valence-electron chi connectivity index (χ0n) is 13.0. The number of nitrogens with one attached hydrogen (secondary N) is 1. The van der Waals surface area contributed by atoms with Crippen LogP contribution in [0.1, 0.15) is 23.6 Å². The number of hydrogen-bond donors (Lipinski definition) is 1. The van der Waals surface area contributed by atoms with Gasteiger partial charge in [0.25, 0.3) is 0 Å². The fraction of sp³-hybridized carbons (Fsp3) is 0.278. The number of carbonyl (C=O) groups is 1. The lowest BCUT2D eigenvalue weighted by Gasteiger charge is -2.07. The third-order valence-electron chi connectivity index (χ3n) is 3.35. The highest BCUT2D eigenvalue weighted by Crippen LogP contribution is 2.11. The summed E-state index contributed by atoms with van der Waals surface area (Å²) < 4.78 is 12.1. The van der Waals surface area contributed by atoms with E-state index in [1.165, 1.54) is 5.56 Å². The van der Waals surface area contributed by atoms with Crippen molar-refractivity contribution in [3.05, 3.63) is 65.2 Å². The van der Waals surface area contributed by atoms with E-state index in [2.05, 4.69) is 12.2 Å². The first-order valence-electron chi connectivity index (χ1n) is 7.36. The number of benzene rings is 2. The van der Waals surface area contributed by atoms with Gasteiger partial charge in [-0.2, -0.15) is 0 Å². The lowest BCUT2D eigenvalue weighted by Crippen LogP contribution is -2.20. The third kappa shape index (κ3) is 5.11. The van der Waals surface area contributed by atoms with Gasteiger partial charge in [0.1, 0.15) is 5.75 Å². The summed E-state index contributed by atoms with van der Waals surface area (Å²) in [7, 11) is -1.20.